The second kappa shape index (κ2) is 24.0. The molecule has 3 saturated heterocycles. The fourth-order valence-electron chi connectivity index (χ4n) is 7.84. The zero-order valence-electron chi connectivity index (χ0n) is 37.9. The van der Waals surface area contributed by atoms with Gasteiger partial charge in [0.15, 0.2) is 0 Å². The fourth-order valence-corrected chi connectivity index (χ4v) is 7.84. The molecule has 7 N–H and O–H groups in total. The predicted molar refractivity (Wildman–Crippen MR) is 249 cm³/mol. The molecular weight excluding hydrogens is 809 g/mol. The van der Waals surface area contributed by atoms with E-state index in [9.17, 15) is 19.2 Å². The highest BCUT2D eigenvalue weighted by molar-refractivity contribution is 5.88. The zero-order valence-corrected chi connectivity index (χ0v) is 37.9. The van der Waals surface area contributed by atoms with Crippen LogP contribution < -0.4 is 26.6 Å². The number of aromatic nitrogens is 4. The van der Waals surface area contributed by atoms with Gasteiger partial charge in [0, 0.05) is 83.0 Å². The van der Waals surface area contributed by atoms with Gasteiger partial charge in [0.1, 0.15) is 17.7 Å². The molecule has 16 heteroatoms. The largest absolute Gasteiger partial charge is 0.355 e. The lowest BCUT2D eigenvalue weighted by Crippen LogP contribution is -2.57. The van der Waals surface area contributed by atoms with Gasteiger partial charge < -0.3 is 51.3 Å². The van der Waals surface area contributed by atoms with E-state index in [0.717, 1.165) is 104 Å². The maximum absolute atomic E-state index is 13.9. The van der Waals surface area contributed by atoms with Gasteiger partial charge in [-0.25, -0.2) is 19.6 Å². The number of hydrogen-bond donors (Lipinski definition) is 7. The lowest BCUT2D eigenvalue weighted by Gasteiger charge is -2.33. The van der Waals surface area contributed by atoms with Gasteiger partial charge in [-0.1, -0.05) is 70.2 Å². The lowest BCUT2D eigenvalue weighted by molar-refractivity contribution is -0.135. The molecule has 3 aliphatic heterocycles. The predicted octanol–water partition coefficient (Wildman–Crippen LogP) is 4.64. The Kier molecular flexibility index (Phi) is 17.8. The van der Waals surface area contributed by atoms with Crippen molar-refractivity contribution < 1.29 is 19.2 Å². The van der Waals surface area contributed by atoms with Crippen LogP contribution in [-0.2, 0) is 16.0 Å². The maximum atomic E-state index is 13.9. The summed E-state index contributed by atoms with van der Waals surface area (Å²) in [6, 6.07) is 14.9. The number of amides is 6. The monoisotopic (exact) mass is 875 g/mol. The molecular formula is C48H66N12O4. The van der Waals surface area contributed by atoms with Gasteiger partial charge in [0.05, 0.1) is 36.4 Å². The molecule has 0 bridgehead atoms. The summed E-state index contributed by atoms with van der Waals surface area (Å²) in [5.74, 6) is 7.86. The van der Waals surface area contributed by atoms with Crippen LogP contribution in [-0.4, -0.2) is 137 Å². The molecule has 0 saturated carbocycles. The summed E-state index contributed by atoms with van der Waals surface area (Å²) >= 11 is 0. The van der Waals surface area contributed by atoms with Crippen molar-refractivity contribution in [2.24, 2.45) is 5.92 Å². The van der Waals surface area contributed by atoms with Crippen molar-refractivity contribution in [1.82, 2.24) is 61.2 Å². The number of H-pyrrole nitrogens is 2. The number of aryl methyl sites for hydroxylation is 1. The lowest BCUT2D eigenvalue weighted by atomic mass is 10.0. The van der Waals surface area contributed by atoms with Crippen molar-refractivity contribution in [1.29, 1.82) is 0 Å². The number of likely N-dealkylation sites (tertiary alicyclic amines) is 1. The van der Waals surface area contributed by atoms with Crippen LogP contribution in [0.3, 0.4) is 0 Å². The number of nitrogens with one attached hydrogen (secondary N) is 7. The fraction of sp³-hybridized carbons (Fsp3) is 0.500. The number of piperazine rings is 2. The molecule has 3 aliphatic rings. The molecule has 342 valence electrons. The Balaban J connectivity index is 0.00000220. The number of carbonyl (C=O) groups excluding carboxylic acids is 4. The first-order chi connectivity index (χ1) is 31.1. The summed E-state index contributed by atoms with van der Waals surface area (Å²) in [5.41, 5.74) is 5.58. The number of carbonyl (C=O) groups is 4. The van der Waals surface area contributed by atoms with E-state index in [1.165, 1.54) is 6.42 Å². The average Bonchev–Trinajstić information content (AvgIpc) is 4.12. The van der Waals surface area contributed by atoms with Gasteiger partial charge in [-0.3, -0.25) is 9.59 Å². The van der Waals surface area contributed by atoms with Crippen molar-refractivity contribution in [2.75, 3.05) is 72.0 Å². The second-order valence-electron chi connectivity index (χ2n) is 16.8. The molecule has 2 atom stereocenters. The summed E-state index contributed by atoms with van der Waals surface area (Å²) in [7, 11) is 0. The minimum absolute atomic E-state index is 0.0230. The molecule has 0 spiro atoms. The van der Waals surface area contributed by atoms with Crippen LogP contribution in [0.15, 0.2) is 60.9 Å². The minimum atomic E-state index is -0.609. The van der Waals surface area contributed by atoms with Crippen LogP contribution in [0.25, 0.3) is 22.5 Å². The van der Waals surface area contributed by atoms with Crippen molar-refractivity contribution in [2.45, 2.75) is 78.3 Å². The van der Waals surface area contributed by atoms with Gasteiger partial charge in [-0.2, -0.15) is 0 Å². The zero-order chi connectivity index (χ0) is 45.3. The van der Waals surface area contributed by atoms with E-state index in [1.807, 2.05) is 79.7 Å². The maximum Gasteiger partial charge on any atom is 0.318 e. The highest BCUT2D eigenvalue weighted by Crippen LogP contribution is 2.33. The highest BCUT2D eigenvalue weighted by atomic mass is 16.2. The normalized spacial score (nSPS) is 16.6. The Morgan fingerprint density at radius 2 is 1.30 bits per heavy atom. The van der Waals surface area contributed by atoms with Crippen molar-refractivity contribution in [3.8, 4) is 34.4 Å². The van der Waals surface area contributed by atoms with Crippen LogP contribution >= 0.6 is 0 Å². The molecule has 2 aromatic heterocycles. The van der Waals surface area contributed by atoms with E-state index in [0.29, 0.717) is 39.3 Å². The van der Waals surface area contributed by atoms with Crippen molar-refractivity contribution >= 4 is 23.9 Å². The molecule has 3 fully saturated rings. The Morgan fingerprint density at radius 3 is 1.89 bits per heavy atom. The van der Waals surface area contributed by atoms with Gasteiger partial charge in [0.2, 0.25) is 11.8 Å². The van der Waals surface area contributed by atoms with Crippen LogP contribution in [0.5, 0.6) is 0 Å². The molecule has 0 aliphatic carbocycles. The number of imidazole rings is 2. The smallest absolute Gasteiger partial charge is 0.318 e. The van der Waals surface area contributed by atoms with E-state index >= 15 is 0 Å². The van der Waals surface area contributed by atoms with Crippen molar-refractivity contribution in [3.05, 3.63) is 83.7 Å². The Bertz CT molecular complexity index is 2180. The van der Waals surface area contributed by atoms with Gasteiger partial charge in [-0.15, -0.1) is 0 Å². The molecule has 2 aromatic carbocycles. The van der Waals surface area contributed by atoms with E-state index in [1.54, 1.807) is 9.80 Å². The number of unbranched alkanes of at least 4 members (excludes halogenated alkanes) is 1. The molecule has 2 unspecified atom stereocenters. The number of benzene rings is 2. The topological polar surface area (TPSA) is 196 Å². The Labute approximate surface area is 377 Å². The average molecular weight is 875 g/mol. The second-order valence-corrected chi connectivity index (χ2v) is 16.8. The molecule has 64 heavy (non-hydrogen) atoms. The first-order valence-electron chi connectivity index (χ1n) is 23.0. The van der Waals surface area contributed by atoms with Crippen LogP contribution in [0.1, 0.15) is 88.6 Å². The molecule has 16 nitrogen and oxygen atoms in total. The standard InChI is InChI=1S/C45H58N12O4.C3H8/c1-31(2)41(54-45(61)56-26-21-47-22-27-56)43(59)57-23-5-6-38(57)42-50-29-37(53-42)35-16-12-33(13-17-35)9-8-32-10-14-34(15-11-32)36-28-49-39(52-36)7-3-4-18-48-40(58)30-51-44(60)55-24-19-46-20-25-55;1-3-2/h10-17,28-29,31,38,41,46-47H,3-7,18-27,30H2,1-2H3,(H,48,58)(H,49,52)(H,50,53)(H,51,60)(H,54,61);3H2,1-2H3. The number of nitrogens with zero attached hydrogens (tertiary/aromatic N) is 5. The van der Waals surface area contributed by atoms with E-state index in [-0.39, 0.29) is 42.4 Å². The summed E-state index contributed by atoms with van der Waals surface area (Å²) in [4.78, 5) is 72.7. The summed E-state index contributed by atoms with van der Waals surface area (Å²) in [5, 5.41) is 15.1. The number of rotatable bonds is 13. The van der Waals surface area contributed by atoms with Crippen LogP contribution in [0, 0.1) is 17.8 Å². The molecule has 0 radical (unpaired) electrons. The molecule has 5 heterocycles. The third kappa shape index (κ3) is 13.4. The summed E-state index contributed by atoms with van der Waals surface area (Å²) in [6.07, 6.45) is 9.01. The van der Waals surface area contributed by atoms with Crippen LogP contribution in [0.4, 0.5) is 9.59 Å². The Morgan fingerprint density at radius 1 is 0.734 bits per heavy atom. The van der Waals surface area contributed by atoms with Crippen molar-refractivity contribution in [3.63, 3.8) is 0 Å². The number of urea groups is 2. The minimum Gasteiger partial charge on any atom is -0.355 e. The highest BCUT2D eigenvalue weighted by Gasteiger charge is 2.38. The van der Waals surface area contributed by atoms with E-state index in [2.05, 4.69) is 67.2 Å². The first-order valence-corrected chi connectivity index (χ1v) is 23.0. The summed E-state index contributed by atoms with van der Waals surface area (Å²) < 4.78 is 0. The first kappa shape index (κ1) is 47.3. The van der Waals surface area contributed by atoms with E-state index in [4.69, 9.17) is 4.98 Å². The SMILES string of the molecule is CC(C)C(NC(=O)N1CCNCC1)C(=O)N1CCCC1c1ncc(-c2ccc(C#Cc3ccc(-c4cnc(CCCCNC(=O)CNC(=O)N5CCNCC5)[nH]4)cc3)cc2)[nH]1.CCC. The summed E-state index contributed by atoms with van der Waals surface area (Å²) in [6.45, 7) is 14.9. The molecule has 6 amide bonds. The van der Waals surface area contributed by atoms with Gasteiger partial charge >= 0.3 is 12.1 Å². The Hall–Kier alpha value is -6.18. The molecule has 4 aromatic rings. The van der Waals surface area contributed by atoms with Crippen LogP contribution in [0.2, 0.25) is 0 Å². The number of aromatic amines is 2. The third-order valence-corrected chi connectivity index (χ3v) is 11.4. The third-order valence-electron chi connectivity index (χ3n) is 11.4. The van der Waals surface area contributed by atoms with Gasteiger partial charge in [-0.05, 0) is 67.0 Å². The van der Waals surface area contributed by atoms with E-state index < -0.39 is 6.04 Å². The van der Waals surface area contributed by atoms with Gasteiger partial charge in [0.25, 0.3) is 0 Å². The molecule has 7 rings (SSSR count). The number of hydrogen-bond acceptors (Lipinski definition) is 8. The quantitative estimate of drug-likeness (QED) is 0.0746.